The SMILES string of the molecule is CC(C)C[C@@H](C(=O)Nc1ccn(C[C@@H](O)CO)n1)n1ccn(Cc2ccccc2Cl)c1=O. The van der Waals surface area contributed by atoms with E-state index in [0.717, 1.165) is 5.56 Å². The maximum atomic E-state index is 13.1. The third kappa shape index (κ3) is 5.87. The van der Waals surface area contributed by atoms with Crippen LogP contribution in [0.2, 0.25) is 5.02 Å². The van der Waals surface area contributed by atoms with Crippen LogP contribution in [0.1, 0.15) is 31.9 Å². The van der Waals surface area contributed by atoms with Crippen molar-refractivity contribution in [1.82, 2.24) is 18.9 Å². The van der Waals surface area contributed by atoms with Gasteiger partial charge in [-0.15, -0.1) is 0 Å². The summed E-state index contributed by atoms with van der Waals surface area (Å²) in [5, 5.41) is 26.0. The third-order valence-corrected chi connectivity index (χ3v) is 5.37. The lowest BCUT2D eigenvalue weighted by atomic mass is 10.0. The van der Waals surface area contributed by atoms with E-state index < -0.39 is 12.1 Å². The number of rotatable bonds is 10. The molecule has 0 radical (unpaired) electrons. The summed E-state index contributed by atoms with van der Waals surface area (Å²) in [4.78, 5) is 26.1. The predicted octanol–water partition coefficient (Wildman–Crippen LogP) is 2.13. The largest absolute Gasteiger partial charge is 0.394 e. The highest BCUT2D eigenvalue weighted by Crippen LogP contribution is 2.20. The summed E-state index contributed by atoms with van der Waals surface area (Å²) in [6, 6.07) is 8.19. The fourth-order valence-electron chi connectivity index (χ4n) is 3.40. The van der Waals surface area contributed by atoms with E-state index in [4.69, 9.17) is 16.7 Å². The zero-order valence-corrected chi connectivity index (χ0v) is 18.8. The van der Waals surface area contributed by atoms with Crippen LogP contribution in [-0.2, 0) is 17.9 Å². The second-order valence-corrected chi connectivity index (χ2v) is 8.51. The van der Waals surface area contributed by atoms with Crippen LogP contribution in [0, 0.1) is 5.92 Å². The maximum absolute atomic E-state index is 13.1. The number of anilines is 1. The Balaban J connectivity index is 1.79. The summed E-state index contributed by atoms with van der Waals surface area (Å²) >= 11 is 6.22. The number of nitrogens with one attached hydrogen (secondary N) is 1. The Hall–Kier alpha value is -2.88. The highest BCUT2D eigenvalue weighted by atomic mass is 35.5. The van der Waals surface area contributed by atoms with Crippen molar-refractivity contribution in [2.75, 3.05) is 11.9 Å². The fourth-order valence-corrected chi connectivity index (χ4v) is 3.60. The number of halogens is 1. The lowest BCUT2D eigenvalue weighted by Gasteiger charge is -2.19. The van der Waals surface area contributed by atoms with Gasteiger partial charge in [-0.2, -0.15) is 5.10 Å². The van der Waals surface area contributed by atoms with Gasteiger partial charge in [0.2, 0.25) is 5.91 Å². The zero-order valence-electron chi connectivity index (χ0n) is 18.1. The second kappa shape index (κ2) is 10.6. The Morgan fingerprint density at radius 1 is 1.19 bits per heavy atom. The van der Waals surface area contributed by atoms with Gasteiger partial charge in [0.05, 0.1) is 25.8 Å². The number of benzene rings is 1. The number of hydrogen-bond donors (Lipinski definition) is 3. The van der Waals surface area contributed by atoms with Crippen molar-refractivity contribution in [3.63, 3.8) is 0 Å². The molecule has 0 aliphatic rings. The first-order valence-electron chi connectivity index (χ1n) is 10.4. The molecule has 2 aromatic heterocycles. The Morgan fingerprint density at radius 3 is 2.62 bits per heavy atom. The average molecular weight is 462 g/mol. The molecule has 3 N–H and O–H groups in total. The molecule has 0 spiro atoms. The van der Waals surface area contributed by atoms with Gasteiger partial charge in [-0.1, -0.05) is 43.6 Å². The highest BCUT2D eigenvalue weighted by molar-refractivity contribution is 6.31. The molecule has 0 saturated heterocycles. The van der Waals surface area contributed by atoms with Gasteiger partial charge in [-0.3, -0.25) is 18.6 Å². The van der Waals surface area contributed by atoms with E-state index in [-0.39, 0.29) is 30.7 Å². The van der Waals surface area contributed by atoms with Crippen LogP contribution in [0.25, 0.3) is 0 Å². The average Bonchev–Trinajstić information content (AvgIpc) is 3.34. The first-order chi connectivity index (χ1) is 15.3. The van der Waals surface area contributed by atoms with Gasteiger partial charge < -0.3 is 15.5 Å². The van der Waals surface area contributed by atoms with E-state index in [1.807, 2.05) is 32.0 Å². The van der Waals surface area contributed by atoms with Crippen LogP contribution in [0.15, 0.2) is 53.7 Å². The molecule has 3 rings (SSSR count). The molecule has 2 atom stereocenters. The summed E-state index contributed by atoms with van der Waals surface area (Å²) in [5.41, 5.74) is 0.511. The standard InChI is InChI=1S/C22H28ClN5O4/c1-15(2)11-19(21(31)24-20-7-8-27(25-20)13-17(30)14-29)28-10-9-26(22(28)32)12-16-5-3-4-6-18(16)23/h3-10,15,17,19,29-30H,11-14H2,1-2H3,(H,24,25,31)/t17-,19+/m1/s1. The first-order valence-corrected chi connectivity index (χ1v) is 10.8. The Kier molecular flexibility index (Phi) is 7.89. The number of aliphatic hydroxyl groups excluding tert-OH is 2. The van der Waals surface area contributed by atoms with Gasteiger partial charge in [-0.05, 0) is 24.0 Å². The van der Waals surface area contributed by atoms with Crippen LogP contribution in [-0.4, -0.2) is 47.7 Å². The van der Waals surface area contributed by atoms with Crippen molar-refractivity contribution in [2.24, 2.45) is 5.92 Å². The van der Waals surface area contributed by atoms with Crippen LogP contribution >= 0.6 is 11.6 Å². The van der Waals surface area contributed by atoms with Gasteiger partial charge in [0, 0.05) is 29.7 Å². The molecule has 0 unspecified atom stereocenters. The van der Waals surface area contributed by atoms with Gasteiger partial charge in [0.15, 0.2) is 5.82 Å². The van der Waals surface area contributed by atoms with E-state index >= 15 is 0 Å². The van der Waals surface area contributed by atoms with Crippen LogP contribution in [0.3, 0.4) is 0 Å². The van der Waals surface area contributed by atoms with Crippen molar-refractivity contribution < 1.29 is 15.0 Å². The van der Waals surface area contributed by atoms with E-state index in [9.17, 15) is 14.7 Å². The molecule has 9 nitrogen and oxygen atoms in total. The van der Waals surface area contributed by atoms with Crippen LogP contribution in [0.4, 0.5) is 5.82 Å². The predicted molar refractivity (Wildman–Crippen MR) is 122 cm³/mol. The van der Waals surface area contributed by atoms with Crippen LogP contribution in [0.5, 0.6) is 0 Å². The number of carbonyl (C=O) groups excluding carboxylic acids is 1. The Labute approximate surface area is 190 Å². The molecular weight excluding hydrogens is 434 g/mol. The quantitative estimate of drug-likeness (QED) is 0.428. The number of hydrogen-bond acceptors (Lipinski definition) is 5. The molecule has 3 aromatic rings. The molecule has 172 valence electrons. The minimum atomic E-state index is -0.941. The van der Waals surface area contributed by atoms with E-state index in [1.54, 1.807) is 30.7 Å². The van der Waals surface area contributed by atoms with Gasteiger partial charge in [0.1, 0.15) is 6.04 Å². The van der Waals surface area contributed by atoms with E-state index in [2.05, 4.69) is 10.4 Å². The van der Waals surface area contributed by atoms with Crippen molar-refractivity contribution in [1.29, 1.82) is 0 Å². The monoisotopic (exact) mass is 461 g/mol. The summed E-state index contributed by atoms with van der Waals surface area (Å²) in [6.07, 6.45) is 4.38. The molecule has 1 amide bonds. The highest BCUT2D eigenvalue weighted by Gasteiger charge is 2.25. The summed E-state index contributed by atoms with van der Waals surface area (Å²) in [7, 11) is 0. The molecule has 0 bridgehead atoms. The number of carbonyl (C=O) groups is 1. The molecule has 0 aliphatic heterocycles. The Morgan fingerprint density at radius 2 is 1.94 bits per heavy atom. The van der Waals surface area contributed by atoms with E-state index in [1.165, 1.54) is 13.8 Å². The molecular formula is C22H28ClN5O4. The molecule has 1 aromatic carbocycles. The number of aliphatic hydroxyl groups is 2. The maximum Gasteiger partial charge on any atom is 0.329 e. The minimum absolute atomic E-state index is 0.103. The summed E-state index contributed by atoms with van der Waals surface area (Å²) in [6.45, 7) is 3.99. The van der Waals surface area contributed by atoms with Crippen LogP contribution < -0.4 is 11.0 Å². The van der Waals surface area contributed by atoms with Crippen molar-refractivity contribution in [3.05, 3.63) is 70.0 Å². The normalized spacial score (nSPS) is 13.3. The molecule has 0 saturated carbocycles. The second-order valence-electron chi connectivity index (χ2n) is 8.10. The third-order valence-electron chi connectivity index (χ3n) is 5.01. The summed E-state index contributed by atoms with van der Waals surface area (Å²) < 4.78 is 4.38. The lowest BCUT2D eigenvalue weighted by Crippen LogP contribution is -2.35. The number of amides is 1. The molecule has 2 heterocycles. The van der Waals surface area contributed by atoms with Gasteiger partial charge in [0.25, 0.3) is 0 Å². The summed E-state index contributed by atoms with van der Waals surface area (Å²) in [5.74, 6) is 0.114. The molecule has 32 heavy (non-hydrogen) atoms. The first kappa shape index (κ1) is 23.8. The van der Waals surface area contributed by atoms with Crippen molar-refractivity contribution in [2.45, 2.75) is 45.5 Å². The van der Waals surface area contributed by atoms with Gasteiger partial charge >= 0.3 is 5.69 Å². The van der Waals surface area contributed by atoms with Crippen molar-refractivity contribution >= 4 is 23.3 Å². The smallest absolute Gasteiger partial charge is 0.329 e. The zero-order chi connectivity index (χ0) is 23.3. The van der Waals surface area contributed by atoms with Gasteiger partial charge in [-0.25, -0.2) is 4.79 Å². The number of aromatic nitrogens is 4. The molecule has 0 fully saturated rings. The van der Waals surface area contributed by atoms with Crippen molar-refractivity contribution in [3.8, 4) is 0 Å². The number of nitrogens with zero attached hydrogens (tertiary/aromatic N) is 4. The Bertz CT molecular complexity index is 1100. The lowest BCUT2D eigenvalue weighted by molar-refractivity contribution is -0.119. The number of imidazole rings is 1. The minimum Gasteiger partial charge on any atom is -0.394 e. The molecule has 10 heteroatoms. The fraction of sp³-hybridized carbons (Fsp3) is 0.409. The van der Waals surface area contributed by atoms with E-state index in [0.29, 0.717) is 23.8 Å². The topological polar surface area (TPSA) is 114 Å². The molecule has 0 aliphatic carbocycles.